The van der Waals surface area contributed by atoms with Crippen molar-refractivity contribution in [3.8, 4) is 0 Å². The maximum atomic E-state index is 13.7. The SMILES string of the molecule is O=C(NC1CCCC1)C(Cc1ccccc1)N(Cc1ccc(Cl)cc1)C(=O)CSCc1ccccc1. The van der Waals surface area contributed by atoms with Crippen LogP contribution in [0.5, 0.6) is 0 Å². The molecule has 0 spiro atoms. The van der Waals surface area contributed by atoms with E-state index < -0.39 is 6.04 Å². The molecule has 1 unspecified atom stereocenters. The van der Waals surface area contributed by atoms with Gasteiger partial charge in [0, 0.05) is 29.8 Å². The largest absolute Gasteiger partial charge is 0.352 e. The van der Waals surface area contributed by atoms with Gasteiger partial charge in [-0.05, 0) is 41.7 Å². The number of carbonyl (C=O) groups excluding carboxylic acids is 2. The monoisotopic (exact) mass is 520 g/mol. The number of benzene rings is 3. The van der Waals surface area contributed by atoms with E-state index in [1.165, 1.54) is 5.56 Å². The third-order valence-corrected chi connectivity index (χ3v) is 7.82. The first-order chi connectivity index (χ1) is 17.6. The third kappa shape index (κ3) is 7.87. The number of halogens is 1. The van der Waals surface area contributed by atoms with Gasteiger partial charge in [0.25, 0.3) is 0 Å². The summed E-state index contributed by atoms with van der Waals surface area (Å²) in [5.41, 5.74) is 3.17. The zero-order valence-corrected chi connectivity index (χ0v) is 22.0. The Kier molecular flexibility index (Phi) is 9.88. The first kappa shape index (κ1) is 26.3. The molecule has 1 fully saturated rings. The molecule has 1 saturated carbocycles. The van der Waals surface area contributed by atoms with E-state index in [2.05, 4.69) is 17.4 Å². The number of nitrogens with zero attached hydrogens (tertiary/aromatic N) is 1. The van der Waals surface area contributed by atoms with Crippen molar-refractivity contribution in [3.63, 3.8) is 0 Å². The molecule has 1 atom stereocenters. The highest BCUT2D eigenvalue weighted by Gasteiger charge is 2.32. The van der Waals surface area contributed by atoms with E-state index in [4.69, 9.17) is 11.6 Å². The third-order valence-electron chi connectivity index (χ3n) is 6.58. The molecule has 36 heavy (non-hydrogen) atoms. The van der Waals surface area contributed by atoms with E-state index in [-0.39, 0.29) is 17.9 Å². The summed E-state index contributed by atoms with van der Waals surface area (Å²) in [5.74, 6) is 0.957. The average Bonchev–Trinajstić information content (AvgIpc) is 3.41. The molecule has 1 N–H and O–H groups in total. The lowest BCUT2D eigenvalue weighted by molar-refractivity contribution is -0.139. The molecule has 188 valence electrons. The van der Waals surface area contributed by atoms with Crippen LogP contribution >= 0.6 is 23.4 Å². The summed E-state index contributed by atoms with van der Waals surface area (Å²) in [4.78, 5) is 29.1. The van der Waals surface area contributed by atoms with Gasteiger partial charge in [-0.25, -0.2) is 0 Å². The number of hydrogen-bond donors (Lipinski definition) is 1. The normalized spacial score (nSPS) is 14.4. The summed E-state index contributed by atoms with van der Waals surface area (Å²) in [5, 5.41) is 3.90. The van der Waals surface area contributed by atoms with E-state index >= 15 is 0 Å². The Hall–Kier alpha value is -2.76. The van der Waals surface area contributed by atoms with Crippen LogP contribution in [0, 0.1) is 0 Å². The molecule has 0 aromatic heterocycles. The smallest absolute Gasteiger partial charge is 0.243 e. The molecule has 4 nitrogen and oxygen atoms in total. The van der Waals surface area contributed by atoms with E-state index in [1.807, 2.05) is 72.8 Å². The van der Waals surface area contributed by atoms with Crippen LogP contribution in [0.15, 0.2) is 84.9 Å². The van der Waals surface area contributed by atoms with Crippen LogP contribution in [0.2, 0.25) is 5.02 Å². The Balaban J connectivity index is 1.56. The van der Waals surface area contributed by atoms with Gasteiger partial charge in [-0.3, -0.25) is 9.59 Å². The molecular weight excluding hydrogens is 488 g/mol. The highest BCUT2D eigenvalue weighted by Crippen LogP contribution is 2.22. The summed E-state index contributed by atoms with van der Waals surface area (Å²) in [6, 6.07) is 27.2. The Morgan fingerprint density at radius 1 is 0.861 bits per heavy atom. The number of carbonyl (C=O) groups is 2. The number of amides is 2. The van der Waals surface area contributed by atoms with Gasteiger partial charge in [0.05, 0.1) is 5.75 Å². The van der Waals surface area contributed by atoms with Crippen molar-refractivity contribution in [2.45, 2.75) is 56.5 Å². The van der Waals surface area contributed by atoms with Gasteiger partial charge in [-0.15, -0.1) is 11.8 Å². The van der Waals surface area contributed by atoms with Crippen LogP contribution in [-0.2, 0) is 28.3 Å². The Morgan fingerprint density at radius 2 is 1.47 bits per heavy atom. The summed E-state index contributed by atoms with van der Waals surface area (Å²) >= 11 is 7.69. The molecule has 3 aromatic rings. The lowest BCUT2D eigenvalue weighted by Crippen LogP contribution is -2.52. The lowest BCUT2D eigenvalue weighted by Gasteiger charge is -2.32. The second-order valence-corrected chi connectivity index (χ2v) is 10.7. The fourth-order valence-electron chi connectivity index (χ4n) is 4.62. The van der Waals surface area contributed by atoms with Crippen molar-refractivity contribution < 1.29 is 9.59 Å². The van der Waals surface area contributed by atoms with Crippen LogP contribution in [0.4, 0.5) is 0 Å². The highest BCUT2D eigenvalue weighted by molar-refractivity contribution is 7.99. The second-order valence-electron chi connectivity index (χ2n) is 9.32. The van der Waals surface area contributed by atoms with E-state index in [0.717, 1.165) is 42.6 Å². The minimum atomic E-state index is -0.589. The molecule has 1 aliphatic rings. The zero-order valence-electron chi connectivity index (χ0n) is 20.4. The Morgan fingerprint density at radius 3 is 2.11 bits per heavy atom. The minimum absolute atomic E-state index is 0.0339. The number of nitrogens with one attached hydrogen (secondary N) is 1. The average molecular weight is 521 g/mol. The molecule has 3 aromatic carbocycles. The van der Waals surface area contributed by atoms with E-state index in [1.54, 1.807) is 16.7 Å². The number of rotatable bonds is 11. The summed E-state index contributed by atoms with van der Waals surface area (Å²) < 4.78 is 0. The van der Waals surface area contributed by atoms with E-state index in [9.17, 15) is 9.59 Å². The minimum Gasteiger partial charge on any atom is -0.352 e. The first-order valence-corrected chi connectivity index (χ1v) is 14.1. The van der Waals surface area contributed by atoms with Crippen LogP contribution in [-0.4, -0.2) is 34.6 Å². The molecule has 0 saturated heterocycles. The van der Waals surface area contributed by atoms with Crippen LogP contribution in [0.25, 0.3) is 0 Å². The van der Waals surface area contributed by atoms with Gasteiger partial charge in [0.15, 0.2) is 0 Å². The molecule has 0 aliphatic heterocycles. The topological polar surface area (TPSA) is 49.4 Å². The zero-order chi connectivity index (χ0) is 25.2. The molecule has 0 radical (unpaired) electrons. The summed E-state index contributed by atoms with van der Waals surface area (Å²) in [6.07, 6.45) is 4.75. The fourth-order valence-corrected chi connectivity index (χ4v) is 5.62. The highest BCUT2D eigenvalue weighted by atomic mass is 35.5. The van der Waals surface area contributed by atoms with Gasteiger partial charge in [0.1, 0.15) is 6.04 Å². The van der Waals surface area contributed by atoms with Crippen LogP contribution in [0.3, 0.4) is 0 Å². The fraction of sp³-hybridized carbons (Fsp3) is 0.333. The van der Waals surface area contributed by atoms with Crippen molar-refractivity contribution in [1.82, 2.24) is 10.2 Å². The van der Waals surface area contributed by atoms with Crippen molar-refractivity contribution >= 4 is 35.2 Å². The first-order valence-electron chi connectivity index (χ1n) is 12.6. The predicted octanol–water partition coefficient (Wildman–Crippen LogP) is 6.27. The van der Waals surface area contributed by atoms with Gasteiger partial charge in [0.2, 0.25) is 11.8 Å². The number of thioether (sulfide) groups is 1. The second kappa shape index (κ2) is 13.5. The molecule has 4 rings (SSSR count). The molecule has 6 heteroatoms. The number of hydrogen-bond acceptors (Lipinski definition) is 3. The Bertz CT molecular complexity index is 1100. The van der Waals surface area contributed by atoms with Crippen molar-refractivity contribution in [3.05, 3.63) is 107 Å². The predicted molar refractivity (Wildman–Crippen MR) is 149 cm³/mol. The molecule has 2 amide bonds. The van der Waals surface area contributed by atoms with Gasteiger partial charge >= 0.3 is 0 Å². The van der Waals surface area contributed by atoms with Crippen molar-refractivity contribution in [1.29, 1.82) is 0 Å². The van der Waals surface area contributed by atoms with E-state index in [0.29, 0.717) is 23.7 Å². The van der Waals surface area contributed by atoms with Crippen molar-refractivity contribution in [2.24, 2.45) is 0 Å². The Labute approximate surface area is 223 Å². The van der Waals surface area contributed by atoms with Gasteiger partial charge in [-0.1, -0.05) is 97.2 Å². The van der Waals surface area contributed by atoms with Gasteiger partial charge in [-0.2, -0.15) is 0 Å². The maximum Gasteiger partial charge on any atom is 0.243 e. The van der Waals surface area contributed by atoms with Crippen LogP contribution in [0.1, 0.15) is 42.4 Å². The standard InChI is InChI=1S/C30H33ClN2O2S/c31-26-17-15-24(16-18-26)20-33(29(34)22-36-21-25-11-5-2-6-12-25)28(19-23-9-3-1-4-10-23)30(35)32-27-13-7-8-14-27/h1-6,9-12,15-18,27-28H,7-8,13-14,19-22H2,(H,32,35). The summed E-state index contributed by atoms with van der Waals surface area (Å²) in [6.45, 7) is 0.359. The maximum absolute atomic E-state index is 13.7. The molecule has 1 aliphatic carbocycles. The van der Waals surface area contributed by atoms with Crippen LogP contribution < -0.4 is 5.32 Å². The molecule has 0 heterocycles. The van der Waals surface area contributed by atoms with Gasteiger partial charge < -0.3 is 10.2 Å². The summed E-state index contributed by atoms with van der Waals surface area (Å²) in [7, 11) is 0. The molecular formula is C30H33ClN2O2S. The molecule has 0 bridgehead atoms. The van der Waals surface area contributed by atoms with Crippen molar-refractivity contribution in [2.75, 3.05) is 5.75 Å². The lowest BCUT2D eigenvalue weighted by atomic mass is 10.0. The quantitative estimate of drug-likeness (QED) is 0.324.